The summed E-state index contributed by atoms with van der Waals surface area (Å²) >= 11 is 0. The van der Waals surface area contributed by atoms with Crippen molar-refractivity contribution in [3.8, 4) is 5.69 Å². The molecule has 1 aliphatic heterocycles. The Morgan fingerprint density at radius 1 is 1.26 bits per heavy atom. The van der Waals surface area contributed by atoms with Crippen LogP contribution in [0.25, 0.3) is 5.69 Å². The normalized spacial score (nSPS) is 17.3. The molecule has 1 aliphatic rings. The van der Waals surface area contributed by atoms with E-state index in [1.54, 1.807) is 27.9 Å². The zero-order chi connectivity index (χ0) is 19.2. The molecule has 2 heterocycles. The Morgan fingerprint density at radius 2 is 2.04 bits per heavy atom. The molecule has 3 amide bonds. The van der Waals surface area contributed by atoms with Crippen molar-refractivity contribution in [3.63, 3.8) is 0 Å². The molecule has 144 valence electrons. The van der Waals surface area contributed by atoms with Crippen LogP contribution in [0.2, 0.25) is 0 Å². The minimum absolute atomic E-state index is 0.0297. The van der Waals surface area contributed by atoms with Crippen LogP contribution >= 0.6 is 0 Å². The second kappa shape index (κ2) is 8.66. The van der Waals surface area contributed by atoms with Gasteiger partial charge < -0.3 is 15.1 Å². The first-order chi connectivity index (χ1) is 13.1. The van der Waals surface area contributed by atoms with Gasteiger partial charge in [0.25, 0.3) is 0 Å². The number of unbranched alkanes of at least 4 members (excludes halogenated alkanes) is 1. The summed E-state index contributed by atoms with van der Waals surface area (Å²) in [6.07, 6.45) is 5.76. The topological polar surface area (TPSA) is 83.4 Å². The van der Waals surface area contributed by atoms with E-state index in [0.717, 1.165) is 24.1 Å². The number of nitrogens with one attached hydrogen (secondary N) is 1. The average molecular weight is 370 g/mol. The quantitative estimate of drug-likeness (QED) is 0.841. The molecule has 3 rings (SSSR count). The number of benzene rings is 1. The van der Waals surface area contributed by atoms with Gasteiger partial charge in [-0.25, -0.2) is 14.5 Å². The summed E-state index contributed by atoms with van der Waals surface area (Å²) in [7, 11) is 1.80. The Kier molecular flexibility index (Phi) is 6.05. The first-order valence-corrected chi connectivity index (χ1v) is 9.33. The molecule has 1 aromatic heterocycles. The maximum atomic E-state index is 12.7. The summed E-state index contributed by atoms with van der Waals surface area (Å²) in [4.78, 5) is 32.5. The van der Waals surface area contributed by atoms with E-state index in [1.807, 2.05) is 24.3 Å². The van der Waals surface area contributed by atoms with Gasteiger partial charge >= 0.3 is 6.03 Å². The van der Waals surface area contributed by atoms with Gasteiger partial charge in [-0.15, -0.1) is 0 Å². The SMILES string of the molecule is CCCC[C@H]1C(=O)N(C)CCN1C(=O)NCc1ccc(-n2cncn2)cc1. The minimum Gasteiger partial charge on any atom is -0.342 e. The lowest BCUT2D eigenvalue weighted by Crippen LogP contribution is -2.59. The number of carbonyl (C=O) groups excluding carboxylic acids is 2. The maximum Gasteiger partial charge on any atom is 0.318 e. The molecule has 27 heavy (non-hydrogen) atoms. The van der Waals surface area contributed by atoms with Crippen LogP contribution in [0.3, 0.4) is 0 Å². The van der Waals surface area contributed by atoms with Crippen molar-refractivity contribution in [2.75, 3.05) is 20.1 Å². The monoisotopic (exact) mass is 370 g/mol. The number of hydrogen-bond donors (Lipinski definition) is 1. The molecule has 1 atom stereocenters. The van der Waals surface area contributed by atoms with Crippen molar-refractivity contribution < 1.29 is 9.59 Å². The molecular formula is C19H26N6O2. The van der Waals surface area contributed by atoms with Crippen LogP contribution < -0.4 is 5.32 Å². The van der Waals surface area contributed by atoms with E-state index in [-0.39, 0.29) is 18.0 Å². The number of aromatic nitrogens is 3. The van der Waals surface area contributed by atoms with E-state index >= 15 is 0 Å². The molecule has 0 aliphatic carbocycles. The van der Waals surface area contributed by atoms with Gasteiger partial charge in [-0.1, -0.05) is 31.9 Å². The third kappa shape index (κ3) is 4.45. The smallest absolute Gasteiger partial charge is 0.318 e. The first-order valence-electron chi connectivity index (χ1n) is 9.33. The van der Waals surface area contributed by atoms with Crippen LogP contribution in [0.4, 0.5) is 4.79 Å². The van der Waals surface area contributed by atoms with Gasteiger partial charge in [-0.3, -0.25) is 4.79 Å². The average Bonchev–Trinajstić information content (AvgIpc) is 3.22. The van der Waals surface area contributed by atoms with Crippen LogP contribution in [0.1, 0.15) is 31.7 Å². The third-order valence-corrected chi connectivity index (χ3v) is 4.87. The van der Waals surface area contributed by atoms with Gasteiger partial charge in [0.1, 0.15) is 18.7 Å². The molecule has 8 nitrogen and oxygen atoms in total. The minimum atomic E-state index is -0.363. The molecule has 1 saturated heterocycles. The number of nitrogens with zero attached hydrogens (tertiary/aromatic N) is 5. The van der Waals surface area contributed by atoms with Gasteiger partial charge in [-0.2, -0.15) is 5.10 Å². The number of carbonyl (C=O) groups is 2. The van der Waals surface area contributed by atoms with Crippen molar-refractivity contribution >= 4 is 11.9 Å². The van der Waals surface area contributed by atoms with Gasteiger partial charge in [0, 0.05) is 26.7 Å². The Labute approximate surface area is 159 Å². The molecule has 0 saturated carbocycles. The highest BCUT2D eigenvalue weighted by Crippen LogP contribution is 2.16. The van der Waals surface area contributed by atoms with Gasteiger partial charge in [0.2, 0.25) is 5.91 Å². The second-order valence-corrected chi connectivity index (χ2v) is 6.78. The van der Waals surface area contributed by atoms with Gasteiger partial charge in [-0.05, 0) is 24.1 Å². The molecule has 0 spiro atoms. The molecule has 0 bridgehead atoms. The summed E-state index contributed by atoms with van der Waals surface area (Å²) in [6, 6.07) is 7.21. The number of urea groups is 1. The maximum absolute atomic E-state index is 12.7. The number of piperazine rings is 1. The van der Waals surface area contributed by atoms with Gasteiger partial charge in [0.15, 0.2) is 0 Å². The van der Waals surface area contributed by atoms with E-state index in [4.69, 9.17) is 0 Å². The summed E-state index contributed by atoms with van der Waals surface area (Å²) in [5.41, 5.74) is 1.89. The summed E-state index contributed by atoms with van der Waals surface area (Å²) in [5.74, 6) is 0.0297. The van der Waals surface area contributed by atoms with Crippen LogP contribution in [-0.4, -0.2) is 62.7 Å². The van der Waals surface area contributed by atoms with Crippen LogP contribution in [0.15, 0.2) is 36.9 Å². The van der Waals surface area contributed by atoms with Crippen molar-refractivity contribution in [2.24, 2.45) is 0 Å². The largest absolute Gasteiger partial charge is 0.342 e. The number of hydrogen-bond acceptors (Lipinski definition) is 4. The fraction of sp³-hybridized carbons (Fsp3) is 0.474. The van der Waals surface area contributed by atoms with Crippen molar-refractivity contribution in [3.05, 3.63) is 42.5 Å². The fourth-order valence-electron chi connectivity index (χ4n) is 3.22. The number of likely N-dealkylation sites (N-methyl/N-ethyl adjacent to an activating group) is 1. The molecule has 1 aromatic carbocycles. The Bertz CT molecular complexity index is 759. The van der Waals surface area contributed by atoms with E-state index in [0.29, 0.717) is 26.1 Å². The van der Waals surface area contributed by atoms with Gasteiger partial charge in [0.05, 0.1) is 5.69 Å². The van der Waals surface area contributed by atoms with E-state index in [1.165, 1.54) is 6.33 Å². The molecule has 2 aromatic rings. The lowest BCUT2D eigenvalue weighted by molar-refractivity contribution is -0.138. The van der Waals surface area contributed by atoms with Crippen LogP contribution in [-0.2, 0) is 11.3 Å². The zero-order valence-electron chi connectivity index (χ0n) is 15.8. The van der Waals surface area contributed by atoms with E-state index in [2.05, 4.69) is 22.3 Å². The van der Waals surface area contributed by atoms with Crippen LogP contribution in [0, 0.1) is 0 Å². The highest BCUT2D eigenvalue weighted by Gasteiger charge is 2.35. The Hall–Kier alpha value is -2.90. The fourth-order valence-corrected chi connectivity index (χ4v) is 3.22. The lowest BCUT2D eigenvalue weighted by Gasteiger charge is -2.39. The molecular weight excluding hydrogens is 344 g/mol. The zero-order valence-corrected chi connectivity index (χ0v) is 15.8. The summed E-state index contributed by atoms with van der Waals surface area (Å²) in [6.45, 7) is 3.64. The second-order valence-electron chi connectivity index (χ2n) is 6.78. The Balaban J connectivity index is 1.59. The first kappa shape index (κ1) is 18.9. The van der Waals surface area contributed by atoms with Crippen molar-refractivity contribution in [1.82, 2.24) is 29.9 Å². The van der Waals surface area contributed by atoms with E-state index < -0.39 is 0 Å². The van der Waals surface area contributed by atoms with Crippen LogP contribution in [0.5, 0.6) is 0 Å². The highest BCUT2D eigenvalue weighted by molar-refractivity contribution is 5.88. The number of rotatable bonds is 6. The molecule has 0 radical (unpaired) electrons. The summed E-state index contributed by atoms with van der Waals surface area (Å²) in [5, 5.41) is 7.04. The standard InChI is InChI=1S/C19H26N6O2/c1-3-4-5-17-18(26)23(2)10-11-24(17)19(27)21-12-15-6-8-16(9-7-15)25-14-20-13-22-25/h6-9,13-14,17H,3-5,10-12H2,1-2H3,(H,21,27)/t17-/m0/s1. The highest BCUT2D eigenvalue weighted by atomic mass is 16.2. The van der Waals surface area contributed by atoms with E-state index in [9.17, 15) is 9.59 Å². The van der Waals surface area contributed by atoms with Crippen molar-refractivity contribution in [1.29, 1.82) is 0 Å². The predicted molar refractivity (Wildman–Crippen MR) is 101 cm³/mol. The molecule has 0 unspecified atom stereocenters. The third-order valence-electron chi connectivity index (χ3n) is 4.87. The predicted octanol–water partition coefficient (Wildman–Crippen LogP) is 1.81. The molecule has 8 heteroatoms. The lowest BCUT2D eigenvalue weighted by atomic mass is 10.0. The number of amides is 3. The summed E-state index contributed by atoms with van der Waals surface area (Å²) < 4.78 is 1.68. The Morgan fingerprint density at radius 3 is 2.70 bits per heavy atom. The molecule has 1 N–H and O–H groups in total. The molecule has 1 fully saturated rings. The van der Waals surface area contributed by atoms with Crippen molar-refractivity contribution in [2.45, 2.75) is 38.8 Å².